The molecule has 0 radical (unpaired) electrons. The Bertz CT molecular complexity index is 166. The third-order valence-electron chi connectivity index (χ3n) is 1.04. The Labute approximate surface area is 67.6 Å². The van der Waals surface area contributed by atoms with Gasteiger partial charge in [-0.25, -0.2) is 4.79 Å². The molecule has 0 aromatic heterocycles. The Hall–Kier alpha value is -1.05. The maximum atomic E-state index is 10.5. The van der Waals surface area contributed by atoms with Crippen LogP contribution in [0.4, 0.5) is 0 Å². The zero-order valence-electron chi connectivity index (χ0n) is 7.20. The van der Waals surface area contributed by atoms with Crippen LogP contribution in [0.2, 0.25) is 0 Å². The van der Waals surface area contributed by atoms with Crippen molar-refractivity contribution in [1.29, 1.82) is 0 Å². The fourth-order valence-corrected chi connectivity index (χ4v) is 0.489. The summed E-state index contributed by atoms with van der Waals surface area (Å²) < 4.78 is 4.40. The largest absolute Gasteiger partial charge is 0.466 e. The molecule has 0 atom stereocenters. The van der Waals surface area contributed by atoms with E-state index in [1.165, 1.54) is 13.2 Å². The topological polar surface area (TPSA) is 26.3 Å². The highest BCUT2D eigenvalue weighted by atomic mass is 16.5. The van der Waals surface area contributed by atoms with Crippen molar-refractivity contribution >= 4 is 5.97 Å². The van der Waals surface area contributed by atoms with E-state index < -0.39 is 0 Å². The van der Waals surface area contributed by atoms with Gasteiger partial charge in [0.15, 0.2) is 0 Å². The molecule has 0 saturated heterocycles. The molecule has 0 bridgehead atoms. The molecule has 0 aliphatic rings. The fourth-order valence-electron chi connectivity index (χ4n) is 0.489. The number of allylic oxidation sites excluding steroid dienone is 3. The van der Waals surface area contributed by atoms with E-state index >= 15 is 0 Å². The van der Waals surface area contributed by atoms with Gasteiger partial charge in [-0.05, 0) is 5.92 Å². The second-order valence-electron chi connectivity index (χ2n) is 2.51. The van der Waals surface area contributed by atoms with Crippen molar-refractivity contribution in [3.8, 4) is 0 Å². The van der Waals surface area contributed by atoms with E-state index in [0.717, 1.165) is 0 Å². The van der Waals surface area contributed by atoms with Gasteiger partial charge in [0.2, 0.25) is 0 Å². The van der Waals surface area contributed by atoms with Crippen LogP contribution in [0, 0.1) is 5.92 Å². The number of methoxy groups -OCH3 is 1. The molecular weight excluding hydrogens is 140 g/mol. The van der Waals surface area contributed by atoms with Gasteiger partial charge in [0.1, 0.15) is 0 Å². The molecule has 0 amide bonds. The van der Waals surface area contributed by atoms with E-state index in [1.54, 1.807) is 6.08 Å². The number of hydrogen-bond donors (Lipinski definition) is 0. The Kier molecular flexibility index (Phi) is 5.17. The lowest BCUT2D eigenvalue weighted by molar-refractivity contribution is -0.134. The molecule has 0 unspecified atom stereocenters. The second kappa shape index (κ2) is 5.71. The summed E-state index contributed by atoms with van der Waals surface area (Å²) in [6.07, 6.45) is 6.89. The summed E-state index contributed by atoms with van der Waals surface area (Å²) in [6, 6.07) is 0. The first-order chi connectivity index (χ1) is 5.16. The highest BCUT2D eigenvalue weighted by molar-refractivity contribution is 5.82. The monoisotopic (exact) mass is 154 g/mol. The van der Waals surface area contributed by atoms with Crippen LogP contribution in [-0.4, -0.2) is 13.1 Å². The molecule has 0 spiro atoms. The Balaban J connectivity index is 3.68. The van der Waals surface area contributed by atoms with Crippen LogP contribution in [0.5, 0.6) is 0 Å². The first-order valence-corrected chi connectivity index (χ1v) is 3.59. The standard InChI is InChI=1S/C9H14O2/c1-8(2)6-4-5-7-9(10)11-3/h4-8H,1-3H3. The summed E-state index contributed by atoms with van der Waals surface area (Å²) in [5, 5.41) is 0. The number of hydrogen-bond acceptors (Lipinski definition) is 2. The van der Waals surface area contributed by atoms with Gasteiger partial charge in [-0.3, -0.25) is 0 Å². The van der Waals surface area contributed by atoms with E-state index in [1.807, 2.05) is 12.2 Å². The molecule has 0 aliphatic heterocycles. The molecule has 0 aromatic rings. The van der Waals surface area contributed by atoms with Gasteiger partial charge in [0.05, 0.1) is 7.11 Å². The van der Waals surface area contributed by atoms with Crippen molar-refractivity contribution in [2.24, 2.45) is 5.92 Å². The zero-order chi connectivity index (χ0) is 8.69. The third-order valence-corrected chi connectivity index (χ3v) is 1.04. The van der Waals surface area contributed by atoms with Gasteiger partial charge in [-0.15, -0.1) is 0 Å². The average molecular weight is 154 g/mol. The number of carbonyl (C=O) groups excluding carboxylic acids is 1. The lowest BCUT2D eigenvalue weighted by atomic mass is 10.2. The van der Waals surface area contributed by atoms with Gasteiger partial charge >= 0.3 is 5.97 Å². The lowest BCUT2D eigenvalue weighted by Crippen LogP contribution is -1.92. The van der Waals surface area contributed by atoms with Gasteiger partial charge in [0, 0.05) is 6.08 Å². The summed E-state index contributed by atoms with van der Waals surface area (Å²) in [5.41, 5.74) is 0. The maximum Gasteiger partial charge on any atom is 0.330 e. The summed E-state index contributed by atoms with van der Waals surface area (Å²) in [7, 11) is 1.36. The Morgan fingerprint density at radius 3 is 2.45 bits per heavy atom. The van der Waals surface area contributed by atoms with E-state index in [2.05, 4.69) is 18.6 Å². The SMILES string of the molecule is COC(=O)C=CC=CC(C)C. The van der Waals surface area contributed by atoms with Crippen LogP contribution in [0.3, 0.4) is 0 Å². The average Bonchev–Trinajstić information content (AvgIpc) is 1.97. The number of esters is 1. The number of rotatable bonds is 3. The van der Waals surface area contributed by atoms with Crippen molar-refractivity contribution < 1.29 is 9.53 Å². The normalized spacial score (nSPS) is 11.6. The first-order valence-electron chi connectivity index (χ1n) is 3.59. The summed E-state index contributed by atoms with van der Waals surface area (Å²) in [5.74, 6) is 0.190. The predicted octanol–water partition coefficient (Wildman–Crippen LogP) is 1.93. The van der Waals surface area contributed by atoms with Crippen LogP contribution in [0.15, 0.2) is 24.3 Å². The molecule has 11 heavy (non-hydrogen) atoms. The fraction of sp³-hybridized carbons (Fsp3) is 0.444. The molecule has 2 nitrogen and oxygen atoms in total. The third kappa shape index (κ3) is 6.84. The van der Waals surface area contributed by atoms with Crippen molar-refractivity contribution in [3.05, 3.63) is 24.3 Å². The minimum absolute atomic E-state index is 0.321. The van der Waals surface area contributed by atoms with E-state index in [9.17, 15) is 4.79 Å². The van der Waals surface area contributed by atoms with Gasteiger partial charge in [-0.1, -0.05) is 32.1 Å². The molecule has 0 N–H and O–H groups in total. The minimum Gasteiger partial charge on any atom is -0.466 e. The van der Waals surface area contributed by atoms with Crippen LogP contribution < -0.4 is 0 Å². The van der Waals surface area contributed by atoms with Crippen molar-refractivity contribution in [3.63, 3.8) is 0 Å². The molecule has 0 saturated carbocycles. The summed E-state index contributed by atoms with van der Waals surface area (Å²) >= 11 is 0. The lowest BCUT2D eigenvalue weighted by Gasteiger charge is -1.89. The zero-order valence-corrected chi connectivity index (χ0v) is 7.20. The van der Waals surface area contributed by atoms with Crippen LogP contribution in [0.25, 0.3) is 0 Å². The molecule has 62 valence electrons. The van der Waals surface area contributed by atoms with Gasteiger partial charge in [0.25, 0.3) is 0 Å². The quantitative estimate of drug-likeness (QED) is 0.352. The number of carbonyl (C=O) groups is 1. The highest BCUT2D eigenvalue weighted by Gasteiger charge is 1.86. The van der Waals surface area contributed by atoms with E-state index in [-0.39, 0.29) is 5.97 Å². The molecule has 0 aliphatic carbocycles. The van der Waals surface area contributed by atoms with E-state index in [0.29, 0.717) is 5.92 Å². The van der Waals surface area contributed by atoms with Crippen LogP contribution in [0.1, 0.15) is 13.8 Å². The van der Waals surface area contributed by atoms with Crippen molar-refractivity contribution in [2.45, 2.75) is 13.8 Å². The molecule has 0 rings (SSSR count). The second-order valence-corrected chi connectivity index (χ2v) is 2.51. The maximum absolute atomic E-state index is 10.5. The number of ether oxygens (including phenoxy) is 1. The predicted molar refractivity (Wildman–Crippen MR) is 45.1 cm³/mol. The highest BCUT2D eigenvalue weighted by Crippen LogP contribution is 1.93. The van der Waals surface area contributed by atoms with Gasteiger partial charge < -0.3 is 4.74 Å². The summed E-state index contributed by atoms with van der Waals surface area (Å²) in [4.78, 5) is 10.5. The van der Waals surface area contributed by atoms with Crippen LogP contribution >= 0.6 is 0 Å². The molecule has 0 fully saturated rings. The molecular formula is C9H14O2. The first kappa shape index (κ1) is 9.95. The van der Waals surface area contributed by atoms with E-state index in [4.69, 9.17) is 0 Å². The molecule has 0 heterocycles. The molecule has 0 aromatic carbocycles. The Morgan fingerprint density at radius 1 is 1.36 bits per heavy atom. The van der Waals surface area contributed by atoms with Crippen molar-refractivity contribution in [1.82, 2.24) is 0 Å². The minimum atomic E-state index is -0.321. The van der Waals surface area contributed by atoms with Crippen LogP contribution in [-0.2, 0) is 9.53 Å². The Morgan fingerprint density at radius 2 is 2.00 bits per heavy atom. The molecule has 2 heteroatoms. The van der Waals surface area contributed by atoms with Crippen molar-refractivity contribution in [2.75, 3.05) is 7.11 Å². The van der Waals surface area contributed by atoms with Gasteiger partial charge in [-0.2, -0.15) is 0 Å². The smallest absolute Gasteiger partial charge is 0.330 e. The summed E-state index contributed by atoms with van der Waals surface area (Å²) in [6.45, 7) is 4.14.